The lowest BCUT2D eigenvalue weighted by molar-refractivity contribution is 0.391. The maximum Gasteiger partial charge on any atom is 0.133 e. The Morgan fingerprint density at radius 2 is 2.22 bits per heavy atom. The molecule has 0 bridgehead atoms. The molecule has 100 valence electrons. The van der Waals surface area contributed by atoms with E-state index in [0.29, 0.717) is 0 Å². The van der Waals surface area contributed by atoms with Gasteiger partial charge in [0.05, 0.1) is 11.6 Å². The fourth-order valence-electron chi connectivity index (χ4n) is 2.75. The SMILES string of the molecule is COc1ccc(CNCC2CCCC2C)cc1Br. The zero-order valence-electron chi connectivity index (χ0n) is 11.2. The van der Waals surface area contributed by atoms with Crippen molar-refractivity contribution >= 4 is 15.9 Å². The van der Waals surface area contributed by atoms with Crippen molar-refractivity contribution in [3.05, 3.63) is 28.2 Å². The van der Waals surface area contributed by atoms with Gasteiger partial charge in [0.25, 0.3) is 0 Å². The first-order chi connectivity index (χ1) is 8.70. The zero-order chi connectivity index (χ0) is 13.0. The first-order valence-electron chi connectivity index (χ1n) is 6.74. The van der Waals surface area contributed by atoms with Crippen LogP contribution >= 0.6 is 15.9 Å². The fourth-order valence-corrected chi connectivity index (χ4v) is 3.34. The molecule has 2 rings (SSSR count). The molecule has 1 saturated carbocycles. The van der Waals surface area contributed by atoms with E-state index in [0.717, 1.165) is 35.1 Å². The van der Waals surface area contributed by atoms with Gasteiger partial charge in [0, 0.05) is 6.54 Å². The van der Waals surface area contributed by atoms with Crippen molar-refractivity contribution in [3.63, 3.8) is 0 Å². The molecule has 2 unspecified atom stereocenters. The van der Waals surface area contributed by atoms with Crippen LogP contribution in [-0.2, 0) is 6.54 Å². The average molecular weight is 312 g/mol. The number of methoxy groups -OCH3 is 1. The Balaban J connectivity index is 1.81. The summed E-state index contributed by atoms with van der Waals surface area (Å²) in [6.45, 7) is 4.46. The molecule has 2 nitrogen and oxygen atoms in total. The lowest BCUT2D eigenvalue weighted by atomic mass is 9.98. The first-order valence-corrected chi connectivity index (χ1v) is 7.53. The predicted molar refractivity (Wildman–Crippen MR) is 78.9 cm³/mol. The summed E-state index contributed by atoms with van der Waals surface area (Å²) in [4.78, 5) is 0. The monoisotopic (exact) mass is 311 g/mol. The molecule has 1 fully saturated rings. The molecule has 0 radical (unpaired) electrons. The normalized spacial score (nSPS) is 23.3. The van der Waals surface area contributed by atoms with Crippen molar-refractivity contribution < 1.29 is 4.74 Å². The summed E-state index contributed by atoms with van der Waals surface area (Å²) in [5, 5.41) is 3.58. The third-order valence-electron chi connectivity index (χ3n) is 3.99. The van der Waals surface area contributed by atoms with Gasteiger partial charge in [-0.15, -0.1) is 0 Å². The molecule has 2 atom stereocenters. The van der Waals surface area contributed by atoms with Gasteiger partial charge in [0.2, 0.25) is 0 Å². The van der Waals surface area contributed by atoms with Crippen molar-refractivity contribution in [1.82, 2.24) is 5.32 Å². The topological polar surface area (TPSA) is 21.3 Å². The molecule has 0 aliphatic heterocycles. The molecule has 0 saturated heterocycles. The Kier molecular flexibility index (Phi) is 5.07. The van der Waals surface area contributed by atoms with E-state index in [9.17, 15) is 0 Å². The van der Waals surface area contributed by atoms with Crippen molar-refractivity contribution in [2.24, 2.45) is 11.8 Å². The van der Waals surface area contributed by atoms with E-state index >= 15 is 0 Å². The van der Waals surface area contributed by atoms with Crippen LogP contribution in [0.15, 0.2) is 22.7 Å². The average Bonchev–Trinajstić information content (AvgIpc) is 2.75. The minimum atomic E-state index is 0.867. The van der Waals surface area contributed by atoms with E-state index in [1.807, 2.05) is 6.07 Å². The number of benzene rings is 1. The van der Waals surface area contributed by atoms with Gasteiger partial charge >= 0.3 is 0 Å². The third-order valence-corrected chi connectivity index (χ3v) is 4.61. The van der Waals surface area contributed by atoms with Crippen LogP contribution in [0.1, 0.15) is 31.7 Å². The maximum absolute atomic E-state index is 5.23. The Bertz CT molecular complexity index is 394. The molecule has 0 spiro atoms. The molecular weight excluding hydrogens is 290 g/mol. The molecule has 1 aliphatic rings. The fraction of sp³-hybridized carbons (Fsp3) is 0.600. The predicted octanol–water partition coefficient (Wildman–Crippen LogP) is 3.98. The minimum Gasteiger partial charge on any atom is -0.496 e. The molecule has 0 heterocycles. The van der Waals surface area contributed by atoms with Gasteiger partial charge in [-0.1, -0.05) is 25.8 Å². The van der Waals surface area contributed by atoms with Crippen LogP contribution in [0.2, 0.25) is 0 Å². The maximum atomic E-state index is 5.23. The van der Waals surface area contributed by atoms with E-state index in [2.05, 4.69) is 40.3 Å². The second-order valence-corrected chi connectivity index (χ2v) is 6.12. The summed E-state index contributed by atoms with van der Waals surface area (Å²) < 4.78 is 6.26. The summed E-state index contributed by atoms with van der Waals surface area (Å²) in [5.74, 6) is 2.65. The van der Waals surface area contributed by atoms with Gasteiger partial charge in [-0.25, -0.2) is 0 Å². The molecular formula is C15H22BrNO. The van der Waals surface area contributed by atoms with Crippen LogP contribution in [0.25, 0.3) is 0 Å². The van der Waals surface area contributed by atoms with Gasteiger partial charge in [-0.3, -0.25) is 0 Å². The van der Waals surface area contributed by atoms with Gasteiger partial charge in [0.1, 0.15) is 5.75 Å². The lowest BCUT2D eigenvalue weighted by Crippen LogP contribution is -2.23. The Hall–Kier alpha value is -0.540. The van der Waals surface area contributed by atoms with Crippen LogP contribution in [0.4, 0.5) is 0 Å². The highest BCUT2D eigenvalue weighted by molar-refractivity contribution is 9.10. The smallest absolute Gasteiger partial charge is 0.133 e. The number of nitrogens with one attached hydrogen (secondary N) is 1. The van der Waals surface area contributed by atoms with E-state index in [-0.39, 0.29) is 0 Å². The van der Waals surface area contributed by atoms with Crippen molar-refractivity contribution in [3.8, 4) is 5.75 Å². The highest BCUT2D eigenvalue weighted by Crippen LogP contribution is 2.30. The quantitative estimate of drug-likeness (QED) is 0.888. The summed E-state index contributed by atoms with van der Waals surface area (Å²) in [6, 6.07) is 6.26. The number of hydrogen-bond acceptors (Lipinski definition) is 2. The van der Waals surface area contributed by atoms with Crippen molar-refractivity contribution in [1.29, 1.82) is 0 Å². The number of ether oxygens (including phenoxy) is 1. The van der Waals surface area contributed by atoms with Crippen LogP contribution < -0.4 is 10.1 Å². The lowest BCUT2D eigenvalue weighted by Gasteiger charge is -2.16. The van der Waals surface area contributed by atoms with Crippen LogP contribution in [0.3, 0.4) is 0 Å². The van der Waals surface area contributed by atoms with Gasteiger partial charge in [-0.05, 0) is 58.4 Å². The summed E-state index contributed by atoms with van der Waals surface area (Å²) in [6.07, 6.45) is 4.20. The summed E-state index contributed by atoms with van der Waals surface area (Å²) in [7, 11) is 1.69. The molecule has 3 heteroatoms. The van der Waals surface area contributed by atoms with Gasteiger partial charge in [-0.2, -0.15) is 0 Å². The van der Waals surface area contributed by atoms with Crippen LogP contribution in [0.5, 0.6) is 5.75 Å². The Morgan fingerprint density at radius 1 is 1.39 bits per heavy atom. The van der Waals surface area contributed by atoms with E-state index in [1.165, 1.54) is 24.8 Å². The highest BCUT2D eigenvalue weighted by atomic mass is 79.9. The number of hydrogen-bond donors (Lipinski definition) is 1. The molecule has 1 N–H and O–H groups in total. The summed E-state index contributed by atoms with van der Waals surface area (Å²) in [5.41, 5.74) is 1.30. The van der Waals surface area contributed by atoms with Crippen LogP contribution in [-0.4, -0.2) is 13.7 Å². The van der Waals surface area contributed by atoms with E-state index < -0.39 is 0 Å². The summed E-state index contributed by atoms with van der Waals surface area (Å²) >= 11 is 3.52. The van der Waals surface area contributed by atoms with Crippen molar-refractivity contribution in [2.45, 2.75) is 32.7 Å². The highest BCUT2D eigenvalue weighted by Gasteiger charge is 2.22. The molecule has 0 amide bonds. The Labute approximate surface area is 118 Å². The Morgan fingerprint density at radius 3 is 2.83 bits per heavy atom. The number of halogens is 1. The minimum absolute atomic E-state index is 0.867. The van der Waals surface area contributed by atoms with Gasteiger partial charge in [0.15, 0.2) is 0 Å². The first kappa shape index (κ1) is 13.9. The second kappa shape index (κ2) is 6.58. The molecule has 18 heavy (non-hydrogen) atoms. The third kappa shape index (κ3) is 3.48. The largest absolute Gasteiger partial charge is 0.496 e. The zero-order valence-corrected chi connectivity index (χ0v) is 12.8. The van der Waals surface area contributed by atoms with E-state index in [1.54, 1.807) is 7.11 Å². The standard InChI is InChI=1S/C15H22BrNO/c1-11-4-3-5-13(11)10-17-9-12-6-7-15(18-2)14(16)8-12/h6-8,11,13,17H,3-5,9-10H2,1-2H3. The van der Waals surface area contributed by atoms with Crippen molar-refractivity contribution in [2.75, 3.05) is 13.7 Å². The molecule has 1 aromatic rings. The molecule has 1 aliphatic carbocycles. The van der Waals surface area contributed by atoms with Crippen LogP contribution in [0, 0.1) is 11.8 Å². The van der Waals surface area contributed by atoms with Gasteiger partial charge < -0.3 is 10.1 Å². The number of rotatable bonds is 5. The second-order valence-electron chi connectivity index (χ2n) is 5.27. The molecule has 1 aromatic carbocycles. The molecule has 0 aromatic heterocycles. The van der Waals surface area contributed by atoms with E-state index in [4.69, 9.17) is 4.74 Å².